The molecule has 7 rings (SSSR count). The number of thiophene rings is 1. The minimum absolute atomic E-state index is 0.0000811. The average Bonchev–Trinajstić information content (AvgIpc) is 3.79. The van der Waals surface area contributed by atoms with Gasteiger partial charge in [-0.1, -0.05) is 29.8 Å². The molecule has 19 heteroatoms. The monoisotopic (exact) mass is 841 g/mol. The number of aromatic nitrogens is 3. The predicted molar refractivity (Wildman–Crippen MR) is 215 cm³/mol. The summed E-state index contributed by atoms with van der Waals surface area (Å²) >= 11 is 7.82. The zero-order valence-corrected chi connectivity index (χ0v) is 34.1. The number of likely N-dealkylation sites (N-methyl/N-ethyl adjacent to an activating group) is 1. The highest BCUT2D eigenvalue weighted by atomic mass is 35.5. The van der Waals surface area contributed by atoms with E-state index in [2.05, 4.69) is 31.5 Å². The lowest BCUT2D eigenvalue weighted by Crippen LogP contribution is -2.54. The van der Waals surface area contributed by atoms with Gasteiger partial charge in [0.25, 0.3) is 17.7 Å². The SMILES string of the molecule is CNC(=O)C(CCCNC(=O)COc1cccc2c1C(=O)N(C1CCC(=O)NC1=O)C2=O)NC(=O)C[C@@H]1N=C(c2ccc(Cl)cc2)c2c(sc(C)c2C)-n2c(C)nnc21. The third kappa shape index (κ3) is 8.09. The number of carbonyl (C=O) groups excluding carboxylic acids is 7. The number of hydrogen-bond donors (Lipinski definition) is 4. The molecule has 0 saturated carbocycles. The number of hydrogen-bond acceptors (Lipinski definition) is 12. The lowest BCUT2D eigenvalue weighted by molar-refractivity contribution is -0.136. The van der Waals surface area contributed by atoms with E-state index in [1.54, 1.807) is 23.5 Å². The van der Waals surface area contributed by atoms with E-state index in [1.165, 1.54) is 25.2 Å². The molecule has 2 aromatic carbocycles. The quantitative estimate of drug-likeness (QED) is 0.114. The summed E-state index contributed by atoms with van der Waals surface area (Å²) in [4.78, 5) is 97.0. The molecule has 7 amide bonds. The van der Waals surface area contributed by atoms with E-state index in [0.29, 0.717) is 28.8 Å². The zero-order valence-electron chi connectivity index (χ0n) is 32.5. The standard InChI is InChI=1S/C40H40ClN9O8S/c1-19-20(2)59-40-32(19)34(22-10-12-23(41)13-11-22)45-26(35-48-47-21(3)49(35)40)17-30(52)44-25(36(54)42-4)8-6-16-43-31(53)18-58-28-9-5-7-24-33(28)39(57)50(38(24)56)27-14-15-29(51)46-37(27)55/h5,7,9-13,25-27H,6,8,14-18H2,1-4H3,(H,42,54)(H,43,53)(H,44,52)(H,46,51,55)/t25?,26-,27?/m0/s1. The van der Waals surface area contributed by atoms with E-state index in [-0.39, 0.29) is 49.1 Å². The summed E-state index contributed by atoms with van der Waals surface area (Å²) in [6.45, 7) is 5.55. The molecule has 17 nitrogen and oxygen atoms in total. The Morgan fingerprint density at radius 2 is 1.76 bits per heavy atom. The maximum Gasteiger partial charge on any atom is 0.266 e. The van der Waals surface area contributed by atoms with Crippen molar-refractivity contribution in [2.45, 2.75) is 71.0 Å². The number of imide groups is 2. The smallest absolute Gasteiger partial charge is 0.266 e. The van der Waals surface area contributed by atoms with Gasteiger partial charge in [-0.3, -0.25) is 53.3 Å². The summed E-state index contributed by atoms with van der Waals surface area (Å²) in [5, 5.41) is 20.5. The van der Waals surface area contributed by atoms with Crippen molar-refractivity contribution in [2.75, 3.05) is 20.2 Å². The van der Waals surface area contributed by atoms with Crippen molar-refractivity contribution in [3.63, 3.8) is 0 Å². The average molecular weight is 842 g/mol. The van der Waals surface area contributed by atoms with Gasteiger partial charge >= 0.3 is 0 Å². The first kappa shape index (κ1) is 40.9. The van der Waals surface area contributed by atoms with E-state index in [4.69, 9.17) is 21.3 Å². The number of halogens is 1. The Kier molecular flexibility index (Phi) is 11.7. The van der Waals surface area contributed by atoms with Gasteiger partial charge in [-0.2, -0.15) is 0 Å². The maximum atomic E-state index is 13.7. The van der Waals surface area contributed by atoms with Gasteiger partial charge in [-0.25, -0.2) is 0 Å². The molecule has 59 heavy (non-hydrogen) atoms. The van der Waals surface area contributed by atoms with Crippen molar-refractivity contribution in [1.29, 1.82) is 0 Å². The molecule has 0 spiro atoms. The Morgan fingerprint density at radius 1 is 1.00 bits per heavy atom. The van der Waals surface area contributed by atoms with Crippen LogP contribution in [-0.4, -0.2) is 99.0 Å². The first-order valence-corrected chi connectivity index (χ1v) is 20.1. The number of amides is 7. The number of nitrogens with zero attached hydrogens (tertiary/aromatic N) is 5. The van der Waals surface area contributed by atoms with Crippen LogP contribution in [0.4, 0.5) is 0 Å². The third-order valence-corrected chi connectivity index (χ3v) is 11.9. The Labute approximate surface area is 346 Å². The highest BCUT2D eigenvalue weighted by Crippen LogP contribution is 2.40. The van der Waals surface area contributed by atoms with Crippen LogP contribution in [0.2, 0.25) is 5.02 Å². The maximum absolute atomic E-state index is 13.7. The van der Waals surface area contributed by atoms with E-state index >= 15 is 0 Å². The molecule has 0 aliphatic carbocycles. The highest BCUT2D eigenvalue weighted by molar-refractivity contribution is 7.15. The normalized spacial score (nSPS) is 17.6. The third-order valence-electron chi connectivity index (χ3n) is 10.4. The summed E-state index contributed by atoms with van der Waals surface area (Å²) in [5.41, 5.74) is 3.43. The van der Waals surface area contributed by atoms with Gasteiger partial charge in [0.2, 0.25) is 23.6 Å². The van der Waals surface area contributed by atoms with Gasteiger partial charge in [0.1, 0.15) is 34.7 Å². The number of nitrogens with one attached hydrogen (secondary N) is 4. The Morgan fingerprint density at radius 3 is 2.49 bits per heavy atom. The van der Waals surface area contributed by atoms with Crippen LogP contribution in [0.1, 0.15) is 92.1 Å². The molecule has 5 heterocycles. The Bertz CT molecular complexity index is 2440. The minimum Gasteiger partial charge on any atom is -0.483 e. The fourth-order valence-electron chi connectivity index (χ4n) is 7.34. The minimum atomic E-state index is -1.15. The number of fused-ring (bicyclic) bond motifs is 4. The van der Waals surface area contributed by atoms with E-state index in [1.807, 2.05) is 37.5 Å². The van der Waals surface area contributed by atoms with Crippen molar-refractivity contribution >= 4 is 70.0 Å². The van der Waals surface area contributed by atoms with E-state index < -0.39 is 66.1 Å². The summed E-state index contributed by atoms with van der Waals surface area (Å²) < 4.78 is 7.59. The molecule has 3 aliphatic rings. The van der Waals surface area contributed by atoms with Crippen molar-refractivity contribution in [1.82, 2.24) is 40.9 Å². The van der Waals surface area contributed by atoms with Gasteiger partial charge in [-0.05, 0) is 69.9 Å². The summed E-state index contributed by atoms with van der Waals surface area (Å²) in [7, 11) is 1.46. The summed E-state index contributed by atoms with van der Waals surface area (Å²) in [6.07, 6.45) is 0.326. The van der Waals surface area contributed by atoms with Gasteiger partial charge in [0.15, 0.2) is 12.4 Å². The largest absolute Gasteiger partial charge is 0.483 e. The zero-order chi connectivity index (χ0) is 42.1. The van der Waals surface area contributed by atoms with Crippen molar-refractivity contribution in [2.24, 2.45) is 4.99 Å². The number of aliphatic imine (C=N–C) groups is 1. The number of aryl methyl sites for hydroxylation is 2. The van der Waals surface area contributed by atoms with Crippen LogP contribution in [0.15, 0.2) is 47.5 Å². The van der Waals surface area contributed by atoms with Gasteiger partial charge in [0.05, 0.1) is 23.3 Å². The van der Waals surface area contributed by atoms with E-state index in [9.17, 15) is 33.6 Å². The number of piperidine rings is 1. The Hall–Kier alpha value is -6.27. The highest BCUT2D eigenvalue weighted by Gasteiger charge is 2.46. The molecule has 4 aromatic rings. The predicted octanol–water partition coefficient (Wildman–Crippen LogP) is 2.80. The molecule has 4 N–H and O–H groups in total. The molecule has 1 saturated heterocycles. The Balaban J connectivity index is 0.971. The van der Waals surface area contributed by atoms with Crippen LogP contribution >= 0.6 is 22.9 Å². The summed E-state index contributed by atoms with van der Waals surface area (Å²) in [5.74, 6) is -2.96. The molecular formula is C40H40ClN9O8S. The van der Waals surface area contributed by atoms with Crippen molar-refractivity contribution in [3.8, 4) is 10.8 Å². The van der Waals surface area contributed by atoms with Gasteiger partial charge in [0, 0.05) is 41.0 Å². The molecule has 0 radical (unpaired) electrons. The van der Waals surface area contributed by atoms with Crippen LogP contribution in [0.5, 0.6) is 5.75 Å². The van der Waals surface area contributed by atoms with Crippen LogP contribution < -0.4 is 26.0 Å². The van der Waals surface area contributed by atoms with Crippen LogP contribution in [-0.2, 0) is 24.0 Å². The summed E-state index contributed by atoms with van der Waals surface area (Å²) in [6, 6.07) is 8.87. The van der Waals surface area contributed by atoms with Gasteiger partial charge < -0.3 is 20.7 Å². The molecule has 3 aliphatic heterocycles. The van der Waals surface area contributed by atoms with Crippen LogP contribution in [0, 0.1) is 20.8 Å². The lowest BCUT2D eigenvalue weighted by atomic mass is 9.99. The molecule has 0 bridgehead atoms. The van der Waals surface area contributed by atoms with Crippen LogP contribution in [0.3, 0.4) is 0 Å². The molecule has 2 aromatic heterocycles. The van der Waals surface area contributed by atoms with Crippen molar-refractivity contribution < 1.29 is 38.3 Å². The second-order valence-electron chi connectivity index (χ2n) is 14.2. The fourth-order valence-corrected chi connectivity index (χ4v) is 8.68. The molecule has 3 atom stereocenters. The molecule has 306 valence electrons. The first-order chi connectivity index (χ1) is 28.3. The van der Waals surface area contributed by atoms with Gasteiger partial charge in [-0.15, -0.1) is 21.5 Å². The second-order valence-corrected chi connectivity index (χ2v) is 15.9. The number of rotatable bonds is 13. The topological polar surface area (TPSA) is 223 Å². The molecular weight excluding hydrogens is 802 g/mol. The number of benzene rings is 2. The fraction of sp³-hybridized carbons (Fsp3) is 0.350. The second kappa shape index (κ2) is 16.9. The molecule has 2 unspecified atom stereocenters. The number of ether oxygens (including phenoxy) is 1. The number of carbonyl (C=O) groups is 7. The first-order valence-electron chi connectivity index (χ1n) is 18.9. The lowest BCUT2D eigenvalue weighted by Gasteiger charge is -2.27. The van der Waals surface area contributed by atoms with Crippen LogP contribution in [0.25, 0.3) is 5.00 Å². The molecule has 1 fully saturated rings. The van der Waals surface area contributed by atoms with E-state index in [0.717, 1.165) is 31.5 Å². The van der Waals surface area contributed by atoms with Crippen molar-refractivity contribution in [3.05, 3.63) is 91.8 Å².